The van der Waals surface area contributed by atoms with Crippen molar-refractivity contribution in [3.8, 4) is 0 Å². The van der Waals surface area contributed by atoms with E-state index in [0.717, 1.165) is 5.13 Å². The quantitative estimate of drug-likeness (QED) is 0.804. The van der Waals surface area contributed by atoms with Crippen LogP contribution in [-0.2, 0) is 0 Å². The lowest BCUT2D eigenvalue weighted by atomic mass is 10.1. The Hall–Kier alpha value is -1.68. The predicted octanol–water partition coefficient (Wildman–Crippen LogP) is 2.42. The normalized spacial score (nSPS) is 9.93. The number of thiazole rings is 1. The zero-order chi connectivity index (χ0) is 10.7. The molecule has 1 aromatic carbocycles. The lowest BCUT2D eigenvalue weighted by molar-refractivity contribution is 0.103. The van der Waals surface area contributed by atoms with E-state index in [1.165, 1.54) is 11.3 Å². The summed E-state index contributed by atoms with van der Waals surface area (Å²) in [5, 5.41) is 5.43. The van der Waals surface area contributed by atoms with Crippen LogP contribution in [0.15, 0.2) is 35.7 Å². The Balaban J connectivity index is 2.29. The van der Waals surface area contributed by atoms with Gasteiger partial charge in [0.25, 0.3) is 0 Å². The molecule has 0 spiro atoms. The summed E-state index contributed by atoms with van der Waals surface area (Å²) in [6, 6.07) is 9.16. The Bertz CT molecular complexity index is 464. The minimum Gasteiger partial charge on any atom is -0.365 e. The Morgan fingerprint density at radius 3 is 2.67 bits per heavy atom. The summed E-state index contributed by atoms with van der Waals surface area (Å²) in [4.78, 5) is 16.1. The highest BCUT2D eigenvalue weighted by Crippen LogP contribution is 2.17. The van der Waals surface area contributed by atoms with Gasteiger partial charge in [0.05, 0.1) is 0 Å². The molecule has 15 heavy (non-hydrogen) atoms. The largest absolute Gasteiger partial charge is 0.365 e. The van der Waals surface area contributed by atoms with Gasteiger partial charge in [-0.05, 0) is 0 Å². The van der Waals surface area contributed by atoms with Crippen molar-refractivity contribution in [2.24, 2.45) is 0 Å². The number of anilines is 1. The monoisotopic (exact) mass is 218 g/mol. The molecule has 0 aliphatic rings. The number of carbonyl (C=O) groups is 1. The fourth-order valence-corrected chi connectivity index (χ4v) is 1.88. The predicted molar refractivity (Wildman–Crippen MR) is 61.5 cm³/mol. The van der Waals surface area contributed by atoms with Gasteiger partial charge in [-0.25, -0.2) is 4.98 Å². The van der Waals surface area contributed by atoms with Crippen molar-refractivity contribution in [3.05, 3.63) is 47.0 Å². The van der Waals surface area contributed by atoms with Gasteiger partial charge in [-0.1, -0.05) is 30.3 Å². The summed E-state index contributed by atoms with van der Waals surface area (Å²) in [7, 11) is 1.79. The maximum atomic E-state index is 11.9. The summed E-state index contributed by atoms with van der Waals surface area (Å²) in [6.07, 6.45) is 0. The van der Waals surface area contributed by atoms with Crippen molar-refractivity contribution in [1.82, 2.24) is 4.98 Å². The number of rotatable bonds is 3. The maximum Gasteiger partial charge on any atom is 0.212 e. The summed E-state index contributed by atoms with van der Waals surface area (Å²) in [6.45, 7) is 0. The highest BCUT2D eigenvalue weighted by atomic mass is 32.1. The molecule has 1 N–H and O–H groups in total. The molecule has 2 aromatic rings. The number of ketones is 1. The Morgan fingerprint density at radius 1 is 1.33 bits per heavy atom. The summed E-state index contributed by atoms with van der Waals surface area (Å²) < 4.78 is 0. The zero-order valence-corrected chi connectivity index (χ0v) is 9.04. The first-order valence-electron chi connectivity index (χ1n) is 4.54. The fraction of sp³-hybridized carbons (Fsp3) is 0.0909. The highest BCUT2D eigenvalue weighted by molar-refractivity contribution is 7.13. The fourth-order valence-electron chi connectivity index (χ4n) is 1.23. The number of benzene rings is 1. The molecule has 3 nitrogen and oxygen atoms in total. The first-order valence-corrected chi connectivity index (χ1v) is 5.42. The molecular weight excluding hydrogens is 208 g/mol. The lowest BCUT2D eigenvalue weighted by Gasteiger charge is -1.95. The minimum absolute atomic E-state index is 0.0339. The van der Waals surface area contributed by atoms with Gasteiger partial charge in [0, 0.05) is 18.0 Å². The van der Waals surface area contributed by atoms with Crippen molar-refractivity contribution in [1.29, 1.82) is 0 Å². The van der Waals surface area contributed by atoms with Crippen LogP contribution in [0.5, 0.6) is 0 Å². The zero-order valence-electron chi connectivity index (χ0n) is 8.23. The van der Waals surface area contributed by atoms with E-state index in [1.54, 1.807) is 24.6 Å². The van der Waals surface area contributed by atoms with Crippen LogP contribution in [0.3, 0.4) is 0 Å². The van der Waals surface area contributed by atoms with Gasteiger partial charge in [0.15, 0.2) is 5.13 Å². The van der Waals surface area contributed by atoms with Crippen LogP contribution in [0.25, 0.3) is 0 Å². The van der Waals surface area contributed by atoms with E-state index in [9.17, 15) is 4.79 Å². The smallest absolute Gasteiger partial charge is 0.212 e. The van der Waals surface area contributed by atoms with Gasteiger partial charge >= 0.3 is 0 Å². The molecule has 1 heterocycles. The molecule has 0 bridgehead atoms. The molecule has 4 heteroatoms. The lowest BCUT2D eigenvalue weighted by Crippen LogP contribution is -2.01. The molecule has 0 saturated carbocycles. The number of aromatic nitrogens is 1. The van der Waals surface area contributed by atoms with Crippen molar-refractivity contribution in [3.63, 3.8) is 0 Å². The molecule has 1 aromatic heterocycles. The molecule has 0 amide bonds. The van der Waals surface area contributed by atoms with Gasteiger partial charge < -0.3 is 5.32 Å². The van der Waals surface area contributed by atoms with E-state index < -0.39 is 0 Å². The molecule has 76 valence electrons. The Morgan fingerprint density at radius 2 is 2.07 bits per heavy atom. The molecule has 0 radical (unpaired) electrons. The standard InChI is InChI=1S/C11H10N2OS/c1-12-11-13-9(7-15-11)10(14)8-5-3-2-4-6-8/h2-7H,1H3,(H,12,13). The average Bonchev–Trinajstić information content (AvgIpc) is 2.78. The van der Waals surface area contributed by atoms with E-state index >= 15 is 0 Å². The topological polar surface area (TPSA) is 42.0 Å². The second-order valence-corrected chi connectivity index (χ2v) is 3.84. The summed E-state index contributed by atoms with van der Waals surface area (Å²) in [5.74, 6) is -0.0339. The van der Waals surface area contributed by atoms with Gasteiger partial charge in [0.2, 0.25) is 5.78 Å². The van der Waals surface area contributed by atoms with Crippen molar-refractivity contribution in [2.75, 3.05) is 12.4 Å². The van der Waals surface area contributed by atoms with Crippen LogP contribution in [0, 0.1) is 0 Å². The van der Waals surface area contributed by atoms with Crippen LogP contribution in [0.2, 0.25) is 0 Å². The molecule has 0 atom stereocenters. The summed E-state index contributed by atoms with van der Waals surface area (Å²) >= 11 is 1.43. The van der Waals surface area contributed by atoms with Crippen LogP contribution in [0.1, 0.15) is 16.1 Å². The molecule has 0 unspecified atom stereocenters. The van der Waals surface area contributed by atoms with Crippen LogP contribution in [0.4, 0.5) is 5.13 Å². The second-order valence-electron chi connectivity index (χ2n) is 2.98. The molecule has 2 rings (SSSR count). The molecule has 0 saturated heterocycles. The molecule has 0 aliphatic heterocycles. The van der Waals surface area contributed by atoms with Gasteiger partial charge in [-0.2, -0.15) is 0 Å². The second kappa shape index (κ2) is 4.23. The molecule has 0 fully saturated rings. The first-order chi connectivity index (χ1) is 7.31. The third kappa shape index (κ3) is 2.05. The van der Waals surface area contributed by atoms with E-state index in [0.29, 0.717) is 11.3 Å². The summed E-state index contributed by atoms with van der Waals surface area (Å²) in [5.41, 5.74) is 1.17. The molecule has 0 aliphatic carbocycles. The maximum absolute atomic E-state index is 11.9. The number of hydrogen-bond donors (Lipinski definition) is 1. The number of nitrogens with zero attached hydrogens (tertiary/aromatic N) is 1. The van der Waals surface area contributed by atoms with Crippen LogP contribution < -0.4 is 5.32 Å². The SMILES string of the molecule is CNc1nc(C(=O)c2ccccc2)cs1. The van der Waals surface area contributed by atoms with Crippen molar-refractivity contribution in [2.45, 2.75) is 0 Å². The van der Waals surface area contributed by atoms with Crippen LogP contribution in [-0.4, -0.2) is 17.8 Å². The average molecular weight is 218 g/mol. The van der Waals surface area contributed by atoms with E-state index in [1.807, 2.05) is 18.2 Å². The van der Waals surface area contributed by atoms with Crippen LogP contribution >= 0.6 is 11.3 Å². The third-order valence-electron chi connectivity index (χ3n) is 1.99. The van der Waals surface area contributed by atoms with Gasteiger partial charge in [-0.15, -0.1) is 11.3 Å². The molecular formula is C11H10N2OS. The highest BCUT2D eigenvalue weighted by Gasteiger charge is 2.11. The minimum atomic E-state index is -0.0339. The number of hydrogen-bond acceptors (Lipinski definition) is 4. The Labute approximate surface area is 91.8 Å². The van der Waals surface area contributed by atoms with Crippen molar-refractivity contribution < 1.29 is 4.79 Å². The van der Waals surface area contributed by atoms with E-state index in [-0.39, 0.29) is 5.78 Å². The third-order valence-corrected chi connectivity index (χ3v) is 2.85. The van der Waals surface area contributed by atoms with E-state index in [2.05, 4.69) is 10.3 Å². The van der Waals surface area contributed by atoms with Gasteiger partial charge in [-0.3, -0.25) is 4.79 Å². The number of nitrogens with one attached hydrogen (secondary N) is 1. The Kier molecular flexibility index (Phi) is 2.78. The number of carbonyl (C=O) groups excluding carboxylic acids is 1. The van der Waals surface area contributed by atoms with Gasteiger partial charge in [0.1, 0.15) is 5.69 Å². The van der Waals surface area contributed by atoms with Crippen molar-refractivity contribution >= 4 is 22.3 Å². The van der Waals surface area contributed by atoms with E-state index in [4.69, 9.17) is 0 Å². The first kappa shape index (κ1) is 9.86.